The standard InChI is InChI=1S/C5H11NO2/c1-3-5(4-7)6-8-2/h7H,3-4H2,1-2H3/b6-5-. The van der Waals surface area contributed by atoms with Crippen molar-refractivity contribution in [1.29, 1.82) is 0 Å². The molecule has 0 spiro atoms. The highest BCUT2D eigenvalue weighted by Crippen LogP contribution is 1.83. The maximum Gasteiger partial charge on any atom is 0.106 e. The molecular formula is C5H11NO2. The molecule has 0 aliphatic carbocycles. The third-order valence-electron chi connectivity index (χ3n) is 0.811. The molecule has 48 valence electrons. The fourth-order valence-corrected chi connectivity index (χ4v) is 0.334. The zero-order valence-corrected chi connectivity index (χ0v) is 5.22. The minimum atomic E-state index is -0.00958. The number of oxime groups is 1. The van der Waals surface area contributed by atoms with Crippen LogP contribution in [0.4, 0.5) is 0 Å². The van der Waals surface area contributed by atoms with Gasteiger partial charge < -0.3 is 9.94 Å². The lowest BCUT2D eigenvalue weighted by molar-refractivity contribution is 0.208. The maximum atomic E-state index is 8.45. The van der Waals surface area contributed by atoms with Crippen LogP contribution in [0.1, 0.15) is 13.3 Å². The normalized spacial score (nSPS) is 11.6. The monoisotopic (exact) mass is 117 g/mol. The van der Waals surface area contributed by atoms with Crippen molar-refractivity contribution in [2.45, 2.75) is 13.3 Å². The predicted octanol–water partition coefficient (Wildman–Crippen LogP) is 0.391. The van der Waals surface area contributed by atoms with Gasteiger partial charge in [-0.3, -0.25) is 0 Å². The van der Waals surface area contributed by atoms with E-state index in [0.29, 0.717) is 5.71 Å². The minimum Gasteiger partial charge on any atom is -0.399 e. The van der Waals surface area contributed by atoms with Gasteiger partial charge in [-0.1, -0.05) is 12.1 Å². The zero-order chi connectivity index (χ0) is 6.41. The number of aliphatic hydroxyl groups is 1. The van der Waals surface area contributed by atoms with Gasteiger partial charge in [0.2, 0.25) is 0 Å². The molecule has 0 aliphatic heterocycles. The van der Waals surface area contributed by atoms with Gasteiger partial charge in [0.1, 0.15) is 7.11 Å². The number of hydrogen-bond acceptors (Lipinski definition) is 3. The Morgan fingerprint density at radius 1 is 1.75 bits per heavy atom. The van der Waals surface area contributed by atoms with E-state index in [-0.39, 0.29) is 6.61 Å². The van der Waals surface area contributed by atoms with Crippen LogP contribution in [0.15, 0.2) is 5.16 Å². The highest BCUT2D eigenvalue weighted by atomic mass is 16.6. The molecule has 0 unspecified atom stereocenters. The molecule has 0 aliphatic rings. The van der Waals surface area contributed by atoms with Crippen LogP contribution in [0.2, 0.25) is 0 Å². The first kappa shape index (κ1) is 7.43. The van der Waals surface area contributed by atoms with Crippen molar-refractivity contribution >= 4 is 5.71 Å². The first-order chi connectivity index (χ1) is 3.85. The molecule has 0 heterocycles. The third-order valence-corrected chi connectivity index (χ3v) is 0.811. The Hall–Kier alpha value is -0.570. The summed E-state index contributed by atoms with van der Waals surface area (Å²) in [4.78, 5) is 4.41. The molecule has 0 amide bonds. The number of rotatable bonds is 3. The molecular weight excluding hydrogens is 106 g/mol. The molecule has 0 aromatic heterocycles. The van der Waals surface area contributed by atoms with Crippen LogP contribution in [0.5, 0.6) is 0 Å². The number of nitrogens with zero attached hydrogens (tertiary/aromatic N) is 1. The molecule has 0 aromatic carbocycles. The van der Waals surface area contributed by atoms with Gasteiger partial charge in [-0.25, -0.2) is 0 Å². The zero-order valence-electron chi connectivity index (χ0n) is 5.22. The van der Waals surface area contributed by atoms with Gasteiger partial charge in [-0.2, -0.15) is 0 Å². The average molecular weight is 117 g/mol. The fraction of sp³-hybridized carbons (Fsp3) is 0.800. The molecule has 3 nitrogen and oxygen atoms in total. The lowest BCUT2D eigenvalue weighted by Crippen LogP contribution is -2.01. The highest BCUT2D eigenvalue weighted by molar-refractivity contribution is 5.84. The fourth-order valence-electron chi connectivity index (χ4n) is 0.334. The Kier molecular flexibility index (Phi) is 4.26. The molecule has 0 rings (SSSR count). The summed E-state index contributed by atoms with van der Waals surface area (Å²) in [6.45, 7) is 1.90. The van der Waals surface area contributed by atoms with E-state index in [9.17, 15) is 0 Å². The van der Waals surface area contributed by atoms with Crippen LogP contribution >= 0.6 is 0 Å². The van der Waals surface area contributed by atoms with Crippen molar-refractivity contribution in [3.05, 3.63) is 0 Å². The van der Waals surface area contributed by atoms with E-state index in [1.807, 2.05) is 6.92 Å². The van der Waals surface area contributed by atoms with Gasteiger partial charge in [-0.05, 0) is 6.42 Å². The van der Waals surface area contributed by atoms with Crippen molar-refractivity contribution in [1.82, 2.24) is 0 Å². The topological polar surface area (TPSA) is 41.8 Å². The second-order valence-corrected chi connectivity index (χ2v) is 1.35. The molecule has 3 heteroatoms. The van der Waals surface area contributed by atoms with E-state index < -0.39 is 0 Å². The van der Waals surface area contributed by atoms with E-state index >= 15 is 0 Å². The molecule has 1 N–H and O–H groups in total. The molecule has 0 aromatic rings. The molecule has 0 fully saturated rings. The molecule has 8 heavy (non-hydrogen) atoms. The first-order valence-electron chi connectivity index (χ1n) is 2.54. The second kappa shape index (κ2) is 4.59. The summed E-state index contributed by atoms with van der Waals surface area (Å²) in [6.07, 6.45) is 0.740. The van der Waals surface area contributed by atoms with Crippen molar-refractivity contribution in [3.8, 4) is 0 Å². The Balaban J connectivity index is 3.49. The van der Waals surface area contributed by atoms with Crippen LogP contribution in [0.3, 0.4) is 0 Å². The lowest BCUT2D eigenvalue weighted by atomic mass is 10.3. The Morgan fingerprint density at radius 2 is 2.38 bits per heavy atom. The highest BCUT2D eigenvalue weighted by Gasteiger charge is 1.89. The Labute approximate surface area is 49.0 Å². The van der Waals surface area contributed by atoms with Crippen molar-refractivity contribution in [2.24, 2.45) is 5.16 Å². The minimum absolute atomic E-state index is 0.00958. The summed E-state index contributed by atoms with van der Waals surface area (Å²) in [5.41, 5.74) is 0.674. The summed E-state index contributed by atoms with van der Waals surface area (Å²) < 4.78 is 0. The number of hydrogen-bond donors (Lipinski definition) is 1. The van der Waals surface area contributed by atoms with Gasteiger partial charge >= 0.3 is 0 Å². The smallest absolute Gasteiger partial charge is 0.106 e. The van der Waals surface area contributed by atoms with E-state index in [0.717, 1.165) is 6.42 Å². The number of aliphatic hydroxyl groups excluding tert-OH is 1. The lowest BCUT2D eigenvalue weighted by Gasteiger charge is -1.93. The van der Waals surface area contributed by atoms with Gasteiger partial charge in [0, 0.05) is 0 Å². The van der Waals surface area contributed by atoms with E-state index in [2.05, 4.69) is 9.99 Å². The maximum absolute atomic E-state index is 8.45. The van der Waals surface area contributed by atoms with Crippen LogP contribution in [-0.4, -0.2) is 24.5 Å². The molecule has 0 saturated carbocycles. The van der Waals surface area contributed by atoms with Gasteiger partial charge in [0.05, 0.1) is 12.3 Å². The summed E-state index contributed by atoms with van der Waals surface area (Å²) in [5, 5.41) is 12.0. The summed E-state index contributed by atoms with van der Waals surface area (Å²) >= 11 is 0. The Morgan fingerprint density at radius 3 is 2.50 bits per heavy atom. The van der Waals surface area contributed by atoms with E-state index in [1.165, 1.54) is 7.11 Å². The molecule has 0 radical (unpaired) electrons. The van der Waals surface area contributed by atoms with Crippen LogP contribution < -0.4 is 0 Å². The van der Waals surface area contributed by atoms with Crippen molar-refractivity contribution in [3.63, 3.8) is 0 Å². The predicted molar refractivity (Wildman–Crippen MR) is 31.8 cm³/mol. The van der Waals surface area contributed by atoms with E-state index in [1.54, 1.807) is 0 Å². The van der Waals surface area contributed by atoms with Crippen LogP contribution in [-0.2, 0) is 4.84 Å². The molecule has 0 saturated heterocycles. The Bertz CT molecular complexity index is 74.5. The molecule has 0 atom stereocenters. The SMILES string of the molecule is CC/C(CO)=N/OC. The quantitative estimate of drug-likeness (QED) is 0.429. The van der Waals surface area contributed by atoms with Gasteiger partial charge in [-0.15, -0.1) is 0 Å². The van der Waals surface area contributed by atoms with Crippen LogP contribution in [0.25, 0.3) is 0 Å². The van der Waals surface area contributed by atoms with E-state index in [4.69, 9.17) is 5.11 Å². The largest absolute Gasteiger partial charge is 0.399 e. The second-order valence-electron chi connectivity index (χ2n) is 1.35. The summed E-state index contributed by atoms with van der Waals surface area (Å²) in [6, 6.07) is 0. The summed E-state index contributed by atoms with van der Waals surface area (Å²) in [5.74, 6) is 0. The summed E-state index contributed by atoms with van der Waals surface area (Å²) in [7, 11) is 1.46. The molecule has 0 bridgehead atoms. The third kappa shape index (κ3) is 2.58. The van der Waals surface area contributed by atoms with Crippen molar-refractivity contribution in [2.75, 3.05) is 13.7 Å². The van der Waals surface area contributed by atoms with Gasteiger partial charge in [0.15, 0.2) is 0 Å². The van der Waals surface area contributed by atoms with Crippen LogP contribution in [0, 0.1) is 0 Å². The van der Waals surface area contributed by atoms with Crippen molar-refractivity contribution < 1.29 is 9.94 Å². The average Bonchev–Trinajstić information content (AvgIpc) is 1.83. The first-order valence-corrected chi connectivity index (χ1v) is 2.54. The van der Waals surface area contributed by atoms with Gasteiger partial charge in [0.25, 0.3) is 0 Å².